The summed E-state index contributed by atoms with van der Waals surface area (Å²) in [7, 11) is 0. The molecule has 130 valence electrons. The molecule has 4 nitrogen and oxygen atoms in total. The molecule has 1 atom stereocenters. The van der Waals surface area contributed by atoms with E-state index in [2.05, 4.69) is 59.7 Å². The molecule has 0 radical (unpaired) electrons. The Morgan fingerprint density at radius 2 is 2.00 bits per heavy atom. The van der Waals surface area contributed by atoms with Gasteiger partial charge in [0.2, 0.25) is 0 Å². The van der Waals surface area contributed by atoms with E-state index in [1.807, 2.05) is 16.8 Å². The molecule has 2 aromatic heterocycles. The lowest BCUT2D eigenvalue weighted by molar-refractivity contribution is 0.448. The van der Waals surface area contributed by atoms with Crippen LogP contribution in [0.25, 0.3) is 17.8 Å². The van der Waals surface area contributed by atoms with E-state index < -0.39 is 0 Å². The molecule has 4 rings (SSSR count). The second-order valence-electron chi connectivity index (χ2n) is 6.39. The lowest BCUT2D eigenvalue weighted by Gasteiger charge is -2.23. The Balaban J connectivity index is 0.00000182. The van der Waals surface area contributed by atoms with Gasteiger partial charge in [-0.3, -0.25) is 0 Å². The first-order valence-electron chi connectivity index (χ1n) is 8.61. The third-order valence-electron chi connectivity index (χ3n) is 4.73. The fourth-order valence-electron chi connectivity index (χ4n) is 3.44. The number of benzene rings is 1. The topological polar surface area (TPSA) is 42.2 Å². The zero-order valence-electron chi connectivity index (χ0n) is 14.4. The Labute approximate surface area is 154 Å². The zero-order valence-corrected chi connectivity index (χ0v) is 15.2. The maximum Gasteiger partial charge on any atom is 0.162 e. The van der Waals surface area contributed by atoms with Gasteiger partial charge >= 0.3 is 0 Å². The van der Waals surface area contributed by atoms with E-state index in [0.717, 1.165) is 30.0 Å². The van der Waals surface area contributed by atoms with Crippen molar-refractivity contribution in [3.05, 3.63) is 65.1 Å². The largest absolute Gasteiger partial charge is 0.316 e. The van der Waals surface area contributed by atoms with Gasteiger partial charge in [0.15, 0.2) is 5.65 Å². The van der Waals surface area contributed by atoms with Crippen molar-refractivity contribution in [2.24, 2.45) is 0 Å². The first-order chi connectivity index (χ1) is 11.8. The summed E-state index contributed by atoms with van der Waals surface area (Å²) in [5.74, 6) is 0.509. The summed E-state index contributed by atoms with van der Waals surface area (Å²) in [5.41, 5.74) is 5.51. The maximum atomic E-state index is 4.78. The molecule has 1 unspecified atom stereocenters. The Kier molecular flexibility index (Phi) is 5.51. The molecule has 0 amide bonds. The van der Waals surface area contributed by atoms with Gasteiger partial charge in [-0.1, -0.05) is 36.4 Å². The van der Waals surface area contributed by atoms with Crippen LogP contribution in [0, 0.1) is 6.92 Å². The number of aryl methyl sites for hydroxylation is 1. The summed E-state index contributed by atoms with van der Waals surface area (Å²) in [5, 5.41) is 8.27. The molecule has 1 saturated heterocycles. The molecule has 1 aliphatic heterocycles. The second-order valence-corrected chi connectivity index (χ2v) is 6.39. The number of rotatable bonds is 3. The van der Waals surface area contributed by atoms with Crippen molar-refractivity contribution in [3.63, 3.8) is 0 Å². The van der Waals surface area contributed by atoms with Crippen LogP contribution >= 0.6 is 12.4 Å². The molecule has 1 N–H and O–H groups in total. The van der Waals surface area contributed by atoms with E-state index in [0.29, 0.717) is 5.92 Å². The van der Waals surface area contributed by atoms with Gasteiger partial charge in [0.05, 0.1) is 11.4 Å². The minimum atomic E-state index is 0. The van der Waals surface area contributed by atoms with Crippen molar-refractivity contribution < 1.29 is 0 Å². The quantitative estimate of drug-likeness (QED) is 0.770. The average molecular weight is 355 g/mol. The fourth-order valence-corrected chi connectivity index (χ4v) is 3.44. The van der Waals surface area contributed by atoms with Crippen LogP contribution in [-0.4, -0.2) is 27.7 Å². The summed E-state index contributed by atoms with van der Waals surface area (Å²) < 4.78 is 2.04. The number of hydrogen-bond acceptors (Lipinski definition) is 3. The number of hydrogen-bond donors (Lipinski definition) is 1. The second kappa shape index (κ2) is 7.81. The third kappa shape index (κ3) is 3.60. The minimum absolute atomic E-state index is 0. The molecule has 1 fully saturated rings. The van der Waals surface area contributed by atoms with Gasteiger partial charge in [-0.2, -0.15) is 5.10 Å². The van der Waals surface area contributed by atoms with Gasteiger partial charge in [-0.15, -0.1) is 12.4 Å². The zero-order chi connectivity index (χ0) is 16.4. The molecule has 5 heteroatoms. The molecule has 3 aromatic rings. The van der Waals surface area contributed by atoms with Gasteiger partial charge in [-0.05, 0) is 44.0 Å². The van der Waals surface area contributed by atoms with Crippen molar-refractivity contribution in [1.29, 1.82) is 0 Å². The van der Waals surface area contributed by atoms with Gasteiger partial charge < -0.3 is 5.32 Å². The molecular formula is C20H23ClN4. The summed E-state index contributed by atoms with van der Waals surface area (Å²) in [4.78, 5) is 4.60. The first kappa shape index (κ1) is 17.6. The van der Waals surface area contributed by atoms with Crippen molar-refractivity contribution in [1.82, 2.24) is 19.9 Å². The molecule has 25 heavy (non-hydrogen) atoms. The van der Waals surface area contributed by atoms with Crippen LogP contribution in [0.3, 0.4) is 0 Å². The van der Waals surface area contributed by atoms with Gasteiger partial charge in [0.1, 0.15) is 0 Å². The van der Waals surface area contributed by atoms with E-state index in [9.17, 15) is 0 Å². The highest BCUT2D eigenvalue weighted by atomic mass is 35.5. The van der Waals surface area contributed by atoms with Crippen LogP contribution in [-0.2, 0) is 0 Å². The number of halogens is 1. The summed E-state index contributed by atoms with van der Waals surface area (Å²) in [6, 6.07) is 12.4. The maximum absolute atomic E-state index is 4.78. The molecule has 0 spiro atoms. The van der Waals surface area contributed by atoms with Crippen LogP contribution in [0.15, 0.2) is 42.6 Å². The Morgan fingerprint density at radius 3 is 2.76 bits per heavy atom. The normalized spacial score (nSPS) is 17.7. The summed E-state index contributed by atoms with van der Waals surface area (Å²) in [6.45, 7) is 4.20. The van der Waals surface area contributed by atoms with E-state index in [4.69, 9.17) is 5.10 Å². The van der Waals surface area contributed by atoms with Crippen LogP contribution in [0.1, 0.15) is 41.3 Å². The van der Waals surface area contributed by atoms with E-state index >= 15 is 0 Å². The monoisotopic (exact) mass is 354 g/mol. The highest BCUT2D eigenvalue weighted by Crippen LogP contribution is 2.25. The van der Waals surface area contributed by atoms with Crippen molar-refractivity contribution in [3.8, 4) is 0 Å². The highest BCUT2D eigenvalue weighted by molar-refractivity contribution is 5.85. The van der Waals surface area contributed by atoms with E-state index in [-0.39, 0.29) is 12.4 Å². The van der Waals surface area contributed by atoms with Crippen LogP contribution in [0.5, 0.6) is 0 Å². The SMILES string of the molecule is Cc1nn2c(C3CCCNC3)ccnc2c1/C=C/c1ccccc1.Cl. The lowest BCUT2D eigenvalue weighted by Crippen LogP contribution is -2.29. The van der Waals surface area contributed by atoms with Gasteiger partial charge in [0.25, 0.3) is 0 Å². The molecule has 1 aliphatic rings. The Hall–Kier alpha value is -2.17. The van der Waals surface area contributed by atoms with Gasteiger partial charge in [-0.25, -0.2) is 9.50 Å². The molecular weight excluding hydrogens is 332 g/mol. The number of fused-ring (bicyclic) bond motifs is 1. The van der Waals surface area contributed by atoms with Crippen molar-refractivity contribution >= 4 is 30.2 Å². The summed E-state index contributed by atoms with van der Waals surface area (Å²) >= 11 is 0. The van der Waals surface area contributed by atoms with E-state index in [1.165, 1.54) is 24.1 Å². The number of nitrogens with zero attached hydrogens (tertiary/aromatic N) is 3. The smallest absolute Gasteiger partial charge is 0.162 e. The minimum Gasteiger partial charge on any atom is -0.316 e. The molecule has 0 saturated carbocycles. The predicted molar refractivity (Wildman–Crippen MR) is 105 cm³/mol. The molecule has 0 bridgehead atoms. The number of piperidine rings is 1. The molecule has 3 heterocycles. The standard InChI is InChI=1S/C20H22N4.ClH/c1-15-18(10-9-16-6-3-2-4-7-16)20-22-13-11-19(24(20)23-15)17-8-5-12-21-14-17;/h2-4,6-7,9-11,13,17,21H,5,8,12,14H2,1H3;1H/b10-9+;. The van der Waals surface area contributed by atoms with Crippen LogP contribution < -0.4 is 5.32 Å². The highest BCUT2D eigenvalue weighted by Gasteiger charge is 2.20. The molecule has 0 aliphatic carbocycles. The molecule has 1 aromatic carbocycles. The van der Waals surface area contributed by atoms with E-state index in [1.54, 1.807) is 0 Å². The van der Waals surface area contributed by atoms with Crippen LogP contribution in [0.4, 0.5) is 0 Å². The number of aromatic nitrogens is 3. The number of nitrogens with one attached hydrogen (secondary N) is 1. The first-order valence-corrected chi connectivity index (χ1v) is 8.61. The average Bonchev–Trinajstić information content (AvgIpc) is 2.97. The lowest BCUT2D eigenvalue weighted by atomic mass is 9.96. The Bertz CT molecular complexity index is 864. The fraction of sp³-hybridized carbons (Fsp3) is 0.300. The van der Waals surface area contributed by atoms with Gasteiger partial charge in [0, 0.05) is 24.2 Å². The third-order valence-corrected chi connectivity index (χ3v) is 4.73. The van der Waals surface area contributed by atoms with Crippen molar-refractivity contribution in [2.45, 2.75) is 25.7 Å². The van der Waals surface area contributed by atoms with Crippen LogP contribution in [0.2, 0.25) is 0 Å². The summed E-state index contributed by atoms with van der Waals surface area (Å²) in [6.07, 6.45) is 8.60. The Morgan fingerprint density at radius 1 is 1.16 bits per heavy atom. The van der Waals surface area contributed by atoms with Crippen molar-refractivity contribution in [2.75, 3.05) is 13.1 Å². The predicted octanol–water partition coefficient (Wildman–Crippen LogP) is 4.10.